The number of sulfone groups is 1. The van der Waals surface area contributed by atoms with Crippen molar-refractivity contribution in [1.29, 1.82) is 0 Å². The second kappa shape index (κ2) is 7.17. The number of aryl methyl sites for hydroxylation is 1. The molecule has 0 bridgehead atoms. The van der Waals surface area contributed by atoms with E-state index in [0.29, 0.717) is 29.8 Å². The molecule has 1 aromatic heterocycles. The molecule has 2 aromatic carbocycles. The predicted octanol–water partition coefficient (Wildman–Crippen LogP) is 2.42. The summed E-state index contributed by atoms with van der Waals surface area (Å²) < 4.78 is 29.5. The molecule has 0 radical (unpaired) electrons. The molecule has 8 heteroatoms. The number of hydrogen-bond donors (Lipinski definition) is 1. The van der Waals surface area contributed by atoms with E-state index in [1.807, 2.05) is 6.07 Å². The van der Waals surface area contributed by atoms with Crippen molar-refractivity contribution in [2.24, 2.45) is 0 Å². The Morgan fingerprint density at radius 2 is 1.81 bits per heavy atom. The monoisotopic (exact) mass is 374 g/mol. The first kappa shape index (κ1) is 17.9. The first-order valence-corrected chi connectivity index (χ1v) is 9.92. The molecule has 0 spiro atoms. The van der Waals surface area contributed by atoms with Crippen LogP contribution < -0.4 is 11.1 Å². The van der Waals surface area contributed by atoms with Crippen molar-refractivity contribution in [3.63, 3.8) is 0 Å². The lowest BCUT2D eigenvalue weighted by molar-refractivity contribution is -0.116. The van der Waals surface area contributed by atoms with Gasteiger partial charge in [-0.1, -0.05) is 12.1 Å². The second-order valence-corrected chi connectivity index (χ2v) is 7.95. The van der Waals surface area contributed by atoms with E-state index < -0.39 is 15.6 Å². The van der Waals surface area contributed by atoms with Gasteiger partial charge in [0.25, 0.3) is 0 Å². The lowest BCUT2D eigenvalue weighted by Crippen LogP contribution is -2.17. The van der Waals surface area contributed by atoms with Gasteiger partial charge in [-0.3, -0.25) is 9.36 Å². The summed E-state index contributed by atoms with van der Waals surface area (Å²) >= 11 is 0. The second-order valence-electron chi connectivity index (χ2n) is 5.94. The fourth-order valence-corrected chi connectivity index (χ4v) is 3.26. The van der Waals surface area contributed by atoms with Crippen LogP contribution in [0.2, 0.25) is 0 Å². The summed E-state index contributed by atoms with van der Waals surface area (Å²) in [6.45, 7) is 0.371. The molecule has 0 saturated heterocycles. The fraction of sp³-hybridized carbons (Fsp3) is 0.222. The Hall–Kier alpha value is -2.87. The summed E-state index contributed by atoms with van der Waals surface area (Å²) in [6, 6.07) is 13.1. The van der Waals surface area contributed by atoms with Gasteiger partial charge in [0.05, 0.1) is 10.4 Å². The Balaban J connectivity index is 1.57. The number of aromatic nitrogens is 1. The molecule has 3 aromatic rings. The molecular weight excluding hydrogens is 356 g/mol. The largest absolute Gasteiger partial charge is 0.419 e. The molecule has 7 nitrogen and oxygen atoms in total. The maximum absolute atomic E-state index is 12.0. The van der Waals surface area contributed by atoms with Crippen LogP contribution in [-0.2, 0) is 21.2 Å². The molecule has 0 atom stereocenters. The van der Waals surface area contributed by atoms with E-state index in [4.69, 9.17) is 4.42 Å². The third-order valence-corrected chi connectivity index (χ3v) is 5.05. The van der Waals surface area contributed by atoms with Gasteiger partial charge in [-0.15, -0.1) is 0 Å². The third-order valence-electron chi connectivity index (χ3n) is 3.93. The molecule has 0 unspecified atom stereocenters. The van der Waals surface area contributed by atoms with Gasteiger partial charge in [0, 0.05) is 24.9 Å². The van der Waals surface area contributed by atoms with Crippen LogP contribution in [0.15, 0.2) is 62.6 Å². The number of nitrogens with one attached hydrogen (secondary N) is 1. The van der Waals surface area contributed by atoms with E-state index in [2.05, 4.69) is 5.32 Å². The number of fused-ring (bicyclic) bond motifs is 1. The van der Waals surface area contributed by atoms with Crippen LogP contribution >= 0.6 is 0 Å². The number of anilines is 1. The standard InChI is InChI=1S/C18H18N2O5S/c1-26(23,24)14-10-8-13(9-11-14)19-17(21)7-4-12-20-15-5-2-3-6-16(15)25-18(20)22/h2-3,5-6,8-11H,4,7,12H2,1H3,(H,19,21). The number of rotatable bonds is 6. The van der Waals surface area contributed by atoms with Crippen molar-refractivity contribution in [3.05, 3.63) is 59.1 Å². The predicted molar refractivity (Wildman–Crippen MR) is 97.9 cm³/mol. The Labute approximate surface area is 150 Å². The first-order chi connectivity index (χ1) is 12.3. The number of benzene rings is 2. The van der Waals surface area contributed by atoms with E-state index >= 15 is 0 Å². The summed E-state index contributed by atoms with van der Waals surface area (Å²) in [4.78, 5) is 24.1. The highest BCUT2D eigenvalue weighted by Crippen LogP contribution is 2.15. The SMILES string of the molecule is CS(=O)(=O)c1ccc(NC(=O)CCCn2c(=O)oc3ccccc32)cc1. The summed E-state index contributed by atoms with van der Waals surface area (Å²) in [7, 11) is -3.26. The Morgan fingerprint density at radius 3 is 2.50 bits per heavy atom. The van der Waals surface area contributed by atoms with Crippen molar-refractivity contribution < 1.29 is 17.6 Å². The Morgan fingerprint density at radius 1 is 1.12 bits per heavy atom. The highest BCUT2D eigenvalue weighted by molar-refractivity contribution is 7.90. The highest BCUT2D eigenvalue weighted by Gasteiger charge is 2.10. The number of oxazole rings is 1. The molecule has 1 N–H and O–H groups in total. The van der Waals surface area contributed by atoms with Gasteiger partial charge in [-0.2, -0.15) is 0 Å². The van der Waals surface area contributed by atoms with Gasteiger partial charge >= 0.3 is 5.76 Å². The van der Waals surface area contributed by atoms with Crippen LogP contribution in [-0.4, -0.2) is 25.1 Å². The number of nitrogens with zero attached hydrogens (tertiary/aromatic N) is 1. The number of carbonyl (C=O) groups is 1. The average Bonchev–Trinajstić information content (AvgIpc) is 2.90. The molecule has 26 heavy (non-hydrogen) atoms. The van der Waals surface area contributed by atoms with E-state index in [1.165, 1.54) is 16.7 Å². The van der Waals surface area contributed by atoms with Crippen LogP contribution in [0.3, 0.4) is 0 Å². The van der Waals surface area contributed by atoms with Gasteiger partial charge < -0.3 is 9.73 Å². The number of hydrogen-bond acceptors (Lipinski definition) is 5. The summed E-state index contributed by atoms with van der Waals surface area (Å²) in [6.07, 6.45) is 1.82. The maximum Gasteiger partial charge on any atom is 0.419 e. The number of para-hydroxylation sites is 2. The van der Waals surface area contributed by atoms with E-state index in [0.717, 1.165) is 6.26 Å². The molecule has 0 fully saturated rings. The normalized spacial score (nSPS) is 11.6. The first-order valence-electron chi connectivity index (χ1n) is 8.03. The molecule has 0 aliphatic heterocycles. The minimum absolute atomic E-state index is 0.196. The third kappa shape index (κ3) is 4.02. The van der Waals surface area contributed by atoms with Gasteiger partial charge in [0.1, 0.15) is 0 Å². The smallest absolute Gasteiger partial charge is 0.408 e. The van der Waals surface area contributed by atoms with Crippen molar-refractivity contribution in [3.8, 4) is 0 Å². The highest BCUT2D eigenvalue weighted by atomic mass is 32.2. The van der Waals surface area contributed by atoms with E-state index in [1.54, 1.807) is 30.3 Å². The topological polar surface area (TPSA) is 98.4 Å². The molecule has 0 aliphatic rings. The van der Waals surface area contributed by atoms with E-state index in [9.17, 15) is 18.0 Å². The summed E-state index contributed by atoms with van der Waals surface area (Å²) in [5.41, 5.74) is 1.75. The number of carbonyl (C=O) groups excluding carboxylic acids is 1. The van der Waals surface area contributed by atoms with Crippen molar-refractivity contribution in [2.75, 3.05) is 11.6 Å². The zero-order valence-corrected chi connectivity index (χ0v) is 15.0. The maximum atomic E-state index is 12.0. The lowest BCUT2D eigenvalue weighted by Gasteiger charge is -2.06. The van der Waals surface area contributed by atoms with Gasteiger partial charge in [-0.25, -0.2) is 13.2 Å². The molecule has 0 saturated carbocycles. The minimum atomic E-state index is -3.26. The van der Waals surface area contributed by atoms with Crippen LogP contribution in [0.1, 0.15) is 12.8 Å². The average molecular weight is 374 g/mol. The fourth-order valence-electron chi connectivity index (χ4n) is 2.63. The zero-order chi connectivity index (χ0) is 18.7. The lowest BCUT2D eigenvalue weighted by atomic mass is 10.2. The molecule has 1 heterocycles. The van der Waals surface area contributed by atoms with Crippen molar-refractivity contribution in [2.45, 2.75) is 24.3 Å². The van der Waals surface area contributed by atoms with E-state index in [-0.39, 0.29) is 17.2 Å². The quantitative estimate of drug-likeness (QED) is 0.714. The summed E-state index contributed by atoms with van der Waals surface area (Å²) in [5.74, 6) is -0.652. The summed E-state index contributed by atoms with van der Waals surface area (Å²) in [5, 5.41) is 2.71. The van der Waals surface area contributed by atoms with Crippen LogP contribution in [0.4, 0.5) is 5.69 Å². The molecule has 136 valence electrons. The van der Waals surface area contributed by atoms with Crippen LogP contribution in [0.5, 0.6) is 0 Å². The van der Waals surface area contributed by atoms with Gasteiger partial charge in [-0.05, 0) is 42.8 Å². The van der Waals surface area contributed by atoms with Gasteiger partial charge in [0.15, 0.2) is 15.4 Å². The molecular formula is C18H18N2O5S. The molecule has 1 amide bonds. The molecule has 0 aliphatic carbocycles. The Bertz CT molecular complexity index is 1090. The number of amides is 1. The minimum Gasteiger partial charge on any atom is -0.408 e. The molecule has 3 rings (SSSR count). The Kier molecular flexibility index (Phi) is 4.94. The van der Waals surface area contributed by atoms with Gasteiger partial charge in [0.2, 0.25) is 5.91 Å². The van der Waals surface area contributed by atoms with Crippen molar-refractivity contribution >= 4 is 32.5 Å². The van der Waals surface area contributed by atoms with Crippen LogP contribution in [0, 0.1) is 0 Å². The van der Waals surface area contributed by atoms with Crippen molar-refractivity contribution in [1.82, 2.24) is 4.57 Å². The zero-order valence-electron chi connectivity index (χ0n) is 14.1. The van der Waals surface area contributed by atoms with Crippen LogP contribution in [0.25, 0.3) is 11.1 Å².